The van der Waals surface area contributed by atoms with E-state index in [9.17, 15) is 10.2 Å². The van der Waals surface area contributed by atoms with Crippen molar-refractivity contribution in [3.63, 3.8) is 0 Å². The predicted octanol–water partition coefficient (Wildman–Crippen LogP) is 7.92. The molecule has 0 amide bonds. The number of hydrogen-bond acceptors (Lipinski definition) is 2. The number of phenolic OH excluding ortho intramolecular Hbond substituents is 2. The molecule has 0 heterocycles. The number of rotatable bonds is 6. The number of benzene rings is 2. The molecule has 0 fully saturated rings. The van der Waals surface area contributed by atoms with E-state index in [1.165, 1.54) is 22.3 Å². The van der Waals surface area contributed by atoms with Crippen molar-refractivity contribution in [2.75, 3.05) is 0 Å². The summed E-state index contributed by atoms with van der Waals surface area (Å²) in [5, 5.41) is 21.3. The molecule has 2 N–H and O–H groups in total. The maximum Gasteiger partial charge on any atom is 0.119 e. The van der Waals surface area contributed by atoms with Crippen molar-refractivity contribution < 1.29 is 10.2 Å². The molecule has 2 aromatic rings. The van der Waals surface area contributed by atoms with E-state index in [-0.39, 0.29) is 17.3 Å². The second kappa shape index (κ2) is 8.42. The van der Waals surface area contributed by atoms with Gasteiger partial charge < -0.3 is 10.2 Å². The minimum Gasteiger partial charge on any atom is -0.508 e. The van der Waals surface area contributed by atoms with E-state index >= 15 is 0 Å². The summed E-state index contributed by atoms with van der Waals surface area (Å²) in [5.41, 5.74) is 6.62. The molecule has 0 saturated heterocycles. The van der Waals surface area contributed by atoms with Crippen molar-refractivity contribution in [1.29, 1.82) is 0 Å². The monoisotopic (exact) mass is 396 g/mol. The first kappa shape index (κ1) is 23.3. The van der Waals surface area contributed by atoms with Crippen LogP contribution in [0.5, 0.6) is 11.5 Å². The first-order chi connectivity index (χ1) is 13.3. The lowest BCUT2D eigenvalue weighted by molar-refractivity contribution is 0.460. The summed E-state index contributed by atoms with van der Waals surface area (Å²) in [6.07, 6.45) is 0. The molecule has 0 radical (unpaired) electrons. The van der Waals surface area contributed by atoms with Crippen LogP contribution in [0.25, 0.3) is 0 Å². The Labute approximate surface area is 178 Å². The molecule has 2 rings (SSSR count). The van der Waals surface area contributed by atoms with Gasteiger partial charge in [-0.25, -0.2) is 0 Å². The fourth-order valence-electron chi connectivity index (χ4n) is 4.35. The topological polar surface area (TPSA) is 40.5 Å². The van der Waals surface area contributed by atoms with E-state index in [1.54, 1.807) is 0 Å². The molecule has 160 valence electrons. The van der Waals surface area contributed by atoms with Gasteiger partial charge in [0, 0.05) is 5.41 Å². The van der Waals surface area contributed by atoms with Crippen LogP contribution in [0, 0.1) is 0 Å². The van der Waals surface area contributed by atoms with E-state index in [4.69, 9.17) is 0 Å². The van der Waals surface area contributed by atoms with Crippen molar-refractivity contribution >= 4 is 0 Å². The molecule has 0 spiro atoms. The molecule has 0 saturated carbocycles. The van der Waals surface area contributed by atoms with E-state index in [1.807, 2.05) is 12.1 Å². The SMILES string of the molecule is CC(C)c1cc(C(C)(C)c2cc(C(C)C)c(O)cc2C(C)C)c(C(C)C)cc1O. The Morgan fingerprint density at radius 3 is 1.03 bits per heavy atom. The molecule has 0 bridgehead atoms. The molecular weight excluding hydrogens is 356 g/mol. The van der Waals surface area contributed by atoms with Crippen molar-refractivity contribution in [3.8, 4) is 11.5 Å². The summed E-state index contributed by atoms with van der Waals surface area (Å²) in [4.78, 5) is 0. The molecule has 0 aromatic heterocycles. The van der Waals surface area contributed by atoms with Gasteiger partial charge in [0.05, 0.1) is 0 Å². The second-order valence-electron chi connectivity index (χ2n) is 10.2. The van der Waals surface area contributed by atoms with Crippen LogP contribution < -0.4 is 0 Å². The van der Waals surface area contributed by atoms with E-state index < -0.39 is 0 Å². The standard InChI is InChI=1S/C27H40O2/c1-15(2)19-13-25(28)21(17(5)6)11-23(19)27(9,10)24-12-22(18(7)8)26(29)14-20(24)16(3)4/h11-18,28-29H,1-10H3. The van der Waals surface area contributed by atoms with Crippen LogP contribution in [0.3, 0.4) is 0 Å². The summed E-state index contributed by atoms with van der Waals surface area (Å²) in [6.45, 7) is 21.8. The maximum absolute atomic E-state index is 10.6. The zero-order valence-corrected chi connectivity index (χ0v) is 20.0. The van der Waals surface area contributed by atoms with Crippen LogP contribution in [0.2, 0.25) is 0 Å². The largest absolute Gasteiger partial charge is 0.508 e. The van der Waals surface area contributed by atoms with Gasteiger partial charge in [0.2, 0.25) is 0 Å². The third kappa shape index (κ3) is 4.47. The fourth-order valence-corrected chi connectivity index (χ4v) is 4.35. The van der Waals surface area contributed by atoms with Gasteiger partial charge in [0.1, 0.15) is 11.5 Å². The summed E-state index contributed by atoms with van der Waals surface area (Å²) in [7, 11) is 0. The lowest BCUT2D eigenvalue weighted by Crippen LogP contribution is -2.24. The molecule has 0 atom stereocenters. The van der Waals surface area contributed by atoms with Crippen molar-refractivity contribution in [2.45, 2.75) is 98.3 Å². The fraction of sp³-hybridized carbons (Fsp3) is 0.556. The van der Waals surface area contributed by atoms with Gasteiger partial charge in [0.25, 0.3) is 0 Å². The van der Waals surface area contributed by atoms with Gasteiger partial charge in [-0.3, -0.25) is 0 Å². The Bertz CT molecular complexity index is 799. The molecule has 29 heavy (non-hydrogen) atoms. The van der Waals surface area contributed by atoms with Crippen LogP contribution in [0.4, 0.5) is 0 Å². The van der Waals surface area contributed by atoms with Gasteiger partial charge in [-0.1, -0.05) is 81.4 Å². The Morgan fingerprint density at radius 2 is 0.793 bits per heavy atom. The Balaban J connectivity index is 2.88. The average Bonchev–Trinajstić information content (AvgIpc) is 2.59. The Kier molecular flexibility index (Phi) is 6.77. The van der Waals surface area contributed by atoms with Gasteiger partial charge in [-0.15, -0.1) is 0 Å². The summed E-state index contributed by atoms with van der Waals surface area (Å²) >= 11 is 0. The quantitative estimate of drug-likeness (QED) is 0.520. The van der Waals surface area contributed by atoms with E-state index in [0.717, 1.165) is 11.1 Å². The lowest BCUT2D eigenvalue weighted by atomic mass is 9.70. The minimum absolute atomic E-state index is 0.251. The van der Waals surface area contributed by atoms with Gasteiger partial charge in [-0.05, 0) is 69.2 Å². The Morgan fingerprint density at radius 1 is 0.517 bits per heavy atom. The summed E-state index contributed by atoms with van der Waals surface area (Å²) in [6, 6.07) is 8.36. The minimum atomic E-state index is -0.256. The number of aromatic hydroxyl groups is 2. The highest BCUT2D eigenvalue weighted by Crippen LogP contribution is 2.45. The molecule has 0 unspecified atom stereocenters. The Hall–Kier alpha value is -1.96. The van der Waals surface area contributed by atoms with Crippen molar-refractivity contribution in [3.05, 3.63) is 57.6 Å². The third-order valence-electron chi connectivity index (χ3n) is 6.23. The first-order valence-electron chi connectivity index (χ1n) is 11.0. The van der Waals surface area contributed by atoms with Crippen LogP contribution in [-0.4, -0.2) is 10.2 Å². The maximum atomic E-state index is 10.6. The smallest absolute Gasteiger partial charge is 0.119 e. The molecule has 0 aliphatic rings. The molecule has 2 nitrogen and oxygen atoms in total. The zero-order chi connectivity index (χ0) is 22.3. The highest BCUT2D eigenvalue weighted by molar-refractivity contribution is 5.55. The molecular formula is C27H40O2. The van der Waals surface area contributed by atoms with Crippen LogP contribution in [0.15, 0.2) is 24.3 Å². The van der Waals surface area contributed by atoms with Gasteiger partial charge >= 0.3 is 0 Å². The van der Waals surface area contributed by atoms with Crippen LogP contribution in [0.1, 0.15) is 126 Å². The van der Waals surface area contributed by atoms with Crippen LogP contribution in [-0.2, 0) is 5.41 Å². The highest BCUT2D eigenvalue weighted by Gasteiger charge is 2.32. The molecule has 0 aliphatic heterocycles. The molecule has 0 aliphatic carbocycles. The van der Waals surface area contributed by atoms with Gasteiger partial charge in [-0.2, -0.15) is 0 Å². The predicted molar refractivity (Wildman–Crippen MR) is 125 cm³/mol. The lowest BCUT2D eigenvalue weighted by Gasteiger charge is -2.34. The number of phenols is 2. The number of hydrogen-bond donors (Lipinski definition) is 2. The molecule has 2 heteroatoms. The normalized spacial score (nSPS) is 12.6. The second-order valence-corrected chi connectivity index (χ2v) is 10.2. The highest BCUT2D eigenvalue weighted by atomic mass is 16.3. The summed E-state index contributed by atoms with van der Waals surface area (Å²) < 4.78 is 0. The van der Waals surface area contributed by atoms with Crippen LogP contribution >= 0.6 is 0 Å². The van der Waals surface area contributed by atoms with E-state index in [2.05, 4.69) is 81.4 Å². The zero-order valence-electron chi connectivity index (χ0n) is 20.0. The molecule has 2 aromatic carbocycles. The van der Waals surface area contributed by atoms with E-state index in [0.29, 0.717) is 23.3 Å². The van der Waals surface area contributed by atoms with Crippen molar-refractivity contribution in [1.82, 2.24) is 0 Å². The van der Waals surface area contributed by atoms with Gasteiger partial charge in [0.15, 0.2) is 0 Å². The third-order valence-corrected chi connectivity index (χ3v) is 6.23. The van der Waals surface area contributed by atoms with Crippen molar-refractivity contribution in [2.24, 2.45) is 0 Å². The summed E-state index contributed by atoms with van der Waals surface area (Å²) in [5.74, 6) is 1.89. The first-order valence-corrected chi connectivity index (χ1v) is 11.0. The average molecular weight is 397 g/mol.